The smallest absolute Gasteiger partial charge is 0.319 e. The molecule has 3 saturated heterocycles. The molecule has 0 saturated carbocycles. The molecule has 3 aliphatic rings. The van der Waals surface area contributed by atoms with E-state index in [9.17, 15) is 8.78 Å². The van der Waals surface area contributed by atoms with E-state index in [1.807, 2.05) is 6.07 Å². The fraction of sp³-hybridized carbons (Fsp3) is 0.464. The van der Waals surface area contributed by atoms with Gasteiger partial charge in [0.05, 0.1) is 33.9 Å². The molecule has 0 bridgehead atoms. The zero-order valence-electron chi connectivity index (χ0n) is 22.1. The molecule has 13 heteroatoms. The second-order valence-corrected chi connectivity index (χ2v) is 12.5. The van der Waals surface area contributed by atoms with E-state index in [2.05, 4.69) is 19.9 Å². The van der Waals surface area contributed by atoms with Crippen LogP contribution in [-0.4, -0.2) is 77.3 Å². The molecule has 216 valence electrons. The minimum atomic E-state index is -3.12. The zero-order valence-corrected chi connectivity index (χ0v) is 23.7. The third-order valence-electron chi connectivity index (χ3n) is 8.37. The van der Waals surface area contributed by atoms with E-state index in [1.165, 1.54) is 22.3 Å². The van der Waals surface area contributed by atoms with Crippen molar-refractivity contribution in [2.24, 2.45) is 0 Å². The predicted octanol–water partition coefficient (Wildman–Crippen LogP) is 5.76. The van der Waals surface area contributed by atoms with Gasteiger partial charge in [0.25, 0.3) is 5.92 Å². The minimum Gasteiger partial charge on any atom is -0.461 e. The molecular weight excluding hydrogens is 577 g/mol. The first-order chi connectivity index (χ1) is 19.7. The number of hydrogen-bond donors (Lipinski definition) is 1. The number of halogens is 4. The van der Waals surface area contributed by atoms with Crippen molar-refractivity contribution in [1.29, 1.82) is 0 Å². The lowest BCUT2D eigenvalue weighted by Gasteiger charge is -2.31. The Morgan fingerprint density at radius 2 is 1.90 bits per heavy atom. The summed E-state index contributed by atoms with van der Waals surface area (Å²) in [5.41, 5.74) is 6.86. The number of anilines is 2. The summed E-state index contributed by atoms with van der Waals surface area (Å²) in [5.74, 6) is -3.70. The van der Waals surface area contributed by atoms with Crippen LogP contribution in [0.1, 0.15) is 25.7 Å². The van der Waals surface area contributed by atoms with E-state index in [4.69, 9.17) is 26.8 Å². The molecule has 7 rings (SSSR count). The Kier molecular flexibility index (Phi) is 6.64. The summed E-state index contributed by atoms with van der Waals surface area (Å²) < 4.78 is 58.0. The number of benzene rings is 2. The fourth-order valence-electron chi connectivity index (χ4n) is 6.52. The van der Waals surface area contributed by atoms with Crippen molar-refractivity contribution in [1.82, 2.24) is 19.9 Å². The molecule has 0 amide bonds. The van der Waals surface area contributed by atoms with Crippen LogP contribution in [0.5, 0.6) is 6.01 Å². The molecule has 3 fully saturated rings. The lowest BCUT2D eigenvalue weighted by Crippen LogP contribution is -2.43. The largest absolute Gasteiger partial charge is 0.461 e. The standard InChI is InChI=1S/C28H28ClF3N6O2S/c29-18-12-17-23(21(30)20(18)16-4-1-5-19-22(16)34-25(33)41-19)35-26(40-14-27-6-2-8-38(27)9-3-7-27)36-24(17)37-10-11-39-15-28(31,32)13-37/h1,4-5,12H,2-3,6-11,13-15H2,(H2,33,34). The molecule has 2 aromatic carbocycles. The van der Waals surface area contributed by atoms with Crippen molar-refractivity contribution in [3.63, 3.8) is 0 Å². The molecule has 0 aliphatic carbocycles. The van der Waals surface area contributed by atoms with Crippen molar-refractivity contribution in [3.05, 3.63) is 35.1 Å². The monoisotopic (exact) mass is 604 g/mol. The average Bonchev–Trinajstić information content (AvgIpc) is 3.59. The highest BCUT2D eigenvalue weighted by Crippen LogP contribution is 2.43. The number of nitrogen functional groups attached to an aromatic ring is 1. The summed E-state index contributed by atoms with van der Waals surface area (Å²) >= 11 is 8.01. The summed E-state index contributed by atoms with van der Waals surface area (Å²) in [5, 5.41) is 0.645. The number of para-hydroxylation sites is 1. The Balaban J connectivity index is 1.38. The van der Waals surface area contributed by atoms with Crippen LogP contribution < -0.4 is 15.4 Å². The Morgan fingerprint density at radius 1 is 1.10 bits per heavy atom. The Morgan fingerprint density at radius 3 is 2.71 bits per heavy atom. The van der Waals surface area contributed by atoms with Gasteiger partial charge in [-0.3, -0.25) is 4.90 Å². The van der Waals surface area contributed by atoms with Gasteiger partial charge in [0.15, 0.2) is 10.9 Å². The van der Waals surface area contributed by atoms with Crippen LogP contribution in [0.2, 0.25) is 5.02 Å². The van der Waals surface area contributed by atoms with Crippen LogP contribution in [0.25, 0.3) is 32.2 Å². The second kappa shape index (κ2) is 10.1. The van der Waals surface area contributed by atoms with Gasteiger partial charge in [-0.15, -0.1) is 0 Å². The van der Waals surface area contributed by atoms with Crippen LogP contribution in [0, 0.1) is 5.82 Å². The average molecular weight is 605 g/mol. The number of nitrogens with two attached hydrogens (primary N) is 1. The van der Waals surface area contributed by atoms with Gasteiger partial charge in [0.1, 0.15) is 24.5 Å². The van der Waals surface area contributed by atoms with E-state index < -0.39 is 24.9 Å². The van der Waals surface area contributed by atoms with Crippen LogP contribution >= 0.6 is 22.9 Å². The summed E-state index contributed by atoms with van der Waals surface area (Å²) in [7, 11) is 0. The van der Waals surface area contributed by atoms with E-state index >= 15 is 4.39 Å². The fourth-order valence-corrected chi connectivity index (χ4v) is 7.58. The number of thiazole rings is 1. The highest BCUT2D eigenvalue weighted by atomic mass is 35.5. The van der Waals surface area contributed by atoms with Crippen molar-refractivity contribution in [2.45, 2.75) is 37.1 Å². The first kappa shape index (κ1) is 26.9. The molecule has 0 radical (unpaired) electrons. The van der Waals surface area contributed by atoms with Gasteiger partial charge in [-0.25, -0.2) is 18.2 Å². The van der Waals surface area contributed by atoms with Crippen molar-refractivity contribution < 1.29 is 22.6 Å². The van der Waals surface area contributed by atoms with Crippen LogP contribution in [-0.2, 0) is 4.74 Å². The maximum Gasteiger partial charge on any atom is 0.319 e. The lowest BCUT2D eigenvalue weighted by molar-refractivity contribution is -0.0564. The zero-order chi connectivity index (χ0) is 28.4. The van der Waals surface area contributed by atoms with Gasteiger partial charge in [0.2, 0.25) is 0 Å². The molecule has 2 aromatic heterocycles. The molecule has 8 nitrogen and oxygen atoms in total. The number of nitrogens with zero attached hydrogens (tertiary/aromatic N) is 5. The number of ether oxygens (including phenoxy) is 2. The molecule has 41 heavy (non-hydrogen) atoms. The molecule has 0 spiro atoms. The highest BCUT2D eigenvalue weighted by molar-refractivity contribution is 7.22. The highest BCUT2D eigenvalue weighted by Gasteiger charge is 2.45. The van der Waals surface area contributed by atoms with Gasteiger partial charge in [-0.1, -0.05) is 35.1 Å². The first-order valence-corrected chi connectivity index (χ1v) is 14.9. The molecule has 5 heterocycles. The predicted molar refractivity (Wildman–Crippen MR) is 154 cm³/mol. The number of aromatic nitrogens is 3. The van der Waals surface area contributed by atoms with E-state index in [-0.39, 0.29) is 52.0 Å². The van der Waals surface area contributed by atoms with Gasteiger partial charge >= 0.3 is 6.01 Å². The van der Waals surface area contributed by atoms with Crippen LogP contribution in [0.15, 0.2) is 24.3 Å². The number of rotatable bonds is 5. The van der Waals surface area contributed by atoms with Crippen LogP contribution in [0.3, 0.4) is 0 Å². The van der Waals surface area contributed by atoms with E-state index in [0.717, 1.165) is 43.5 Å². The molecule has 0 unspecified atom stereocenters. The van der Waals surface area contributed by atoms with E-state index in [1.54, 1.807) is 12.1 Å². The normalized spacial score (nSPS) is 20.5. The number of fused-ring (bicyclic) bond motifs is 3. The van der Waals surface area contributed by atoms with Gasteiger partial charge in [-0.2, -0.15) is 9.97 Å². The maximum atomic E-state index is 16.6. The molecule has 2 N–H and O–H groups in total. The SMILES string of the molecule is Nc1nc2c(-c3c(Cl)cc4c(N5CCOCC(F)(F)C5)nc(OCC56CCCN5CCC6)nc4c3F)cccc2s1. The Bertz CT molecular complexity index is 1640. The first-order valence-electron chi connectivity index (χ1n) is 13.7. The third-order valence-corrected chi connectivity index (χ3v) is 9.52. The molecule has 3 aliphatic heterocycles. The summed E-state index contributed by atoms with van der Waals surface area (Å²) in [6, 6.07) is 6.82. The van der Waals surface area contributed by atoms with E-state index in [0.29, 0.717) is 22.8 Å². The molecular formula is C28H28ClF3N6O2S. The second-order valence-electron chi connectivity index (χ2n) is 11.0. The lowest BCUT2D eigenvalue weighted by atomic mass is 9.95. The number of alkyl halides is 2. The van der Waals surface area contributed by atoms with Gasteiger partial charge in [-0.05, 0) is 50.9 Å². The van der Waals surface area contributed by atoms with Crippen molar-refractivity contribution in [2.75, 3.05) is 56.6 Å². The van der Waals surface area contributed by atoms with Gasteiger partial charge < -0.3 is 20.1 Å². The maximum absolute atomic E-state index is 16.6. The quantitative estimate of drug-likeness (QED) is 0.308. The summed E-state index contributed by atoms with van der Waals surface area (Å²) in [6.45, 7) is 1.23. The topological polar surface area (TPSA) is 89.6 Å². The number of hydrogen-bond acceptors (Lipinski definition) is 9. The Hall–Kier alpha value is -2.93. The van der Waals surface area contributed by atoms with Crippen molar-refractivity contribution in [3.8, 4) is 17.1 Å². The van der Waals surface area contributed by atoms with Crippen LogP contribution in [0.4, 0.5) is 24.1 Å². The Labute approximate surface area is 243 Å². The van der Waals surface area contributed by atoms with Crippen molar-refractivity contribution >= 4 is 55.0 Å². The molecule has 4 aromatic rings. The minimum absolute atomic E-state index is 0.0580. The molecule has 0 atom stereocenters. The third kappa shape index (κ3) is 4.74. The summed E-state index contributed by atoms with van der Waals surface area (Å²) in [6.07, 6.45) is 4.16. The van der Waals surface area contributed by atoms with Gasteiger partial charge in [0, 0.05) is 23.1 Å². The summed E-state index contributed by atoms with van der Waals surface area (Å²) in [4.78, 5) is 17.3.